The van der Waals surface area contributed by atoms with Gasteiger partial charge in [-0.15, -0.1) is 0 Å². The average Bonchev–Trinajstić information content (AvgIpc) is 2.51. The van der Waals surface area contributed by atoms with Crippen molar-refractivity contribution in [3.8, 4) is 0 Å². The van der Waals surface area contributed by atoms with Crippen molar-refractivity contribution in [2.24, 2.45) is 5.41 Å². The van der Waals surface area contributed by atoms with Gasteiger partial charge in [-0.25, -0.2) is 0 Å². The predicted molar refractivity (Wildman–Crippen MR) is 92.4 cm³/mol. The third-order valence-corrected chi connectivity index (χ3v) is 3.78. The summed E-state index contributed by atoms with van der Waals surface area (Å²) in [5.41, 5.74) is 0.766. The minimum Gasteiger partial charge on any atom is -0.385 e. The second-order valence-electron chi connectivity index (χ2n) is 6.46. The summed E-state index contributed by atoms with van der Waals surface area (Å²) in [7, 11) is 1.61. The van der Waals surface area contributed by atoms with Crippen molar-refractivity contribution in [1.29, 1.82) is 0 Å². The Bertz CT molecular complexity index is 522. The molecule has 2 N–H and O–H groups in total. The van der Waals surface area contributed by atoms with Crippen molar-refractivity contribution >= 4 is 17.5 Å². The van der Waals surface area contributed by atoms with E-state index in [-0.39, 0.29) is 11.8 Å². The van der Waals surface area contributed by atoms with Crippen LogP contribution in [0.2, 0.25) is 0 Å². The molecular formula is C18H28N2O3. The Balaban J connectivity index is 2.61. The number of benzene rings is 1. The van der Waals surface area contributed by atoms with E-state index < -0.39 is 5.41 Å². The van der Waals surface area contributed by atoms with Gasteiger partial charge in [0, 0.05) is 25.9 Å². The molecule has 0 saturated carbocycles. The van der Waals surface area contributed by atoms with E-state index in [0.29, 0.717) is 24.8 Å². The average molecular weight is 320 g/mol. The van der Waals surface area contributed by atoms with Crippen LogP contribution in [0.15, 0.2) is 24.3 Å². The molecule has 0 radical (unpaired) electrons. The van der Waals surface area contributed by atoms with Gasteiger partial charge in [0.05, 0.1) is 0 Å². The summed E-state index contributed by atoms with van der Waals surface area (Å²) in [4.78, 5) is 24.6. The van der Waals surface area contributed by atoms with Gasteiger partial charge in [-0.05, 0) is 43.9 Å². The molecular weight excluding hydrogens is 292 g/mol. The van der Waals surface area contributed by atoms with Gasteiger partial charge in [-0.3, -0.25) is 9.59 Å². The molecule has 0 aliphatic carbocycles. The van der Waals surface area contributed by atoms with Crippen LogP contribution in [0.4, 0.5) is 5.69 Å². The second kappa shape index (κ2) is 8.67. The van der Waals surface area contributed by atoms with E-state index in [0.717, 1.165) is 6.42 Å². The normalized spacial score (nSPS) is 11.4. The molecule has 0 heterocycles. The van der Waals surface area contributed by atoms with Crippen LogP contribution in [-0.2, 0) is 14.3 Å². The fourth-order valence-electron chi connectivity index (χ4n) is 1.98. The van der Waals surface area contributed by atoms with E-state index in [1.54, 1.807) is 21.0 Å². The molecule has 0 aliphatic rings. The van der Waals surface area contributed by atoms with Gasteiger partial charge in [0.15, 0.2) is 0 Å². The summed E-state index contributed by atoms with van der Waals surface area (Å²) in [5.74, 6) is -0.169. The Kier molecular flexibility index (Phi) is 7.23. The smallest absolute Gasteiger partial charge is 0.239 e. The standard InChI is InChI=1S/C18H28N2O3/c1-13(2)14-7-9-15(10-8-14)20-17(22)18(3,4)16(21)19-11-6-12-23-5/h7-10,13H,6,11-12H2,1-5H3,(H,19,21)(H,20,22). The molecule has 0 bridgehead atoms. The number of carbonyl (C=O) groups excluding carboxylic acids is 2. The van der Waals surface area contributed by atoms with Gasteiger partial charge in [0.25, 0.3) is 0 Å². The van der Waals surface area contributed by atoms with Crippen LogP contribution in [0, 0.1) is 5.41 Å². The van der Waals surface area contributed by atoms with Crippen molar-refractivity contribution in [3.63, 3.8) is 0 Å². The van der Waals surface area contributed by atoms with Crippen molar-refractivity contribution in [2.45, 2.75) is 40.0 Å². The zero-order chi connectivity index (χ0) is 17.5. The van der Waals surface area contributed by atoms with Crippen molar-refractivity contribution in [2.75, 3.05) is 25.6 Å². The second-order valence-corrected chi connectivity index (χ2v) is 6.46. The molecule has 1 aromatic rings. The molecule has 0 fully saturated rings. The Morgan fingerprint density at radius 2 is 1.74 bits per heavy atom. The quantitative estimate of drug-likeness (QED) is 0.571. The SMILES string of the molecule is COCCCNC(=O)C(C)(C)C(=O)Nc1ccc(C(C)C)cc1. The summed E-state index contributed by atoms with van der Waals surface area (Å²) in [5, 5.41) is 5.58. The maximum absolute atomic E-state index is 12.4. The third-order valence-electron chi connectivity index (χ3n) is 3.78. The molecule has 0 aromatic heterocycles. The van der Waals surface area contributed by atoms with E-state index in [1.807, 2.05) is 24.3 Å². The van der Waals surface area contributed by atoms with Crippen molar-refractivity contribution in [1.82, 2.24) is 5.32 Å². The predicted octanol–water partition coefficient (Wildman–Crippen LogP) is 2.93. The monoisotopic (exact) mass is 320 g/mol. The molecule has 128 valence electrons. The zero-order valence-electron chi connectivity index (χ0n) is 14.7. The number of rotatable bonds is 8. The lowest BCUT2D eigenvalue weighted by Gasteiger charge is -2.23. The number of ether oxygens (including phenoxy) is 1. The molecule has 0 atom stereocenters. The van der Waals surface area contributed by atoms with Crippen molar-refractivity contribution in [3.05, 3.63) is 29.8 Å². The summed E-state index contributed by atoms with van der Waals surface area (Å²) < 4.78 is 4.93. The van der Waals surface area contributed by atoms with Crippen molar-refractivity contribution < 1.29 is 14.3 Å². The number of nitrogens with one attached hydrogen (secondary N) is 2. The first-order valence-electron chi connectivity index (χ1n) is 7.97. The van der Waals surface area contributed by atoms with Gasteiger partial charge in [-0.2, -0.15) is 0 Å². The number of hydrogen-bond acceptors (Lipinski definition) is 3. The molecule has 1 aromatic carbocycles. The molecule has 0 spiro atoms. The number of anilines is 1. The molecule has 1 rings (SSSR count). The van der Waals surface area contributed by atoms with Crippen LogP contribution >= 0.6 is 0 Å². The van der Waals surface area contributed by atoms with E-state index in [4.69, 9.17) is 4.74 Å². The van der Waals surface area contributed by atoms with Gasteiger partial charge in [-0.1, -0.05) is 26.0 Å². The van der Waals surface area contributed by atoms with E-state index in [1.165, 1.54) is 5.56 Å². The third kappa shape index (κ3) is 5.67. The highest BCUT2D eigenvalue weighted by Gasteiger charge is 2.35. The number of carbonyl (C=O) groups is 2. The maximum atomic E-state index is 12.4. The van der Waals surface area contributed by atoms with E-state index >= 15 is 0 Å². The summed E-state index contributed by atoms with van der Waals surface area (Å²) in [6.07, 6.45) is 0.719. The Morgan fingerprint density at radius 3 is 2.26 bits per heavy atom. The summed E-state index contributed by atoms with van der Waals surface area (Å²) >= 11 is 0. The molecule has 23 heavy (non-hydrogen) atoms. The molecule has 2 amide bonds. The fraction of sp³-hybridized carbons (Fsp3) is 0.556. The van der Waals surface area contributed by atoms with Gasteiger partial charge >= 0.3 is 0 Å². The van der Waals surface area contributed by atoms with Gasteiger partial charge in [0.2, 0.25) is 11.8 Å². The zero-order valence-corrected chi connectivity index (χ0v) is 14.7. The highest BCUT2D eigenvalue weighted by atomic mass is 16.5. The van der Waals surface area contributed by atoms with Crippen LogP contribution in [0.5, 0.6) is 0 Å². The first-order chi connectivity index (χ1) is 10.8. The first-order valence-corrected chi connectivity index (χ1v) is 7.97. The van der Waals surface area contributed by atoms with Crippen LogP contribution in [-0.4, -0.2) is 32.1 Å². The highest BCUT2D eigenvalue weighted by molar-refractivity contribution is 6.09. The minimum absolute atomic E-state index is 0.287. The topological polar surface area (TPSA) is 67.4 Å². The Labute approximate surface area is 138 Å². The minimum atomic E-state index is -1.14. The van der Waals surface area contributed by atoms with Gasteiger partial charge in [0.1, 0.15) is 5.41 Å². The molecule has 5 nitrogen and oxygen atoms in total. The van der Waals surface area contributed by atoms with Crippen LogP contribution < -0.4 is 10.6 Å². The number of hydrogen-bond donors (Lipinski definition) is 2. The Hall–Kier alpha value is -1.88. The summed E-state index contributed by atoms with van der Waals surface area (Å²) in [6, 6.07) is 7.69. The summed E-state index contributed by atoms with van der Waals surface area (Å²) in [6.45, 7) is 8.55. The maximum Gasteiger partial charge on any atom is 0.239 e. The first kappa shape index (κ1) is 19.2. The lowest BCUT2D eigenvalue weighted by Crippen LogP contribution is -2.45. The molecule has 0 saturated heterocycles. The highest BCUT2D eigenvalue weighted by Crippen LogP contribution is 2.21. The van der Waals surface area contributed by atoms with E-state index in [9.17, 15) is 9.59 Å². The fourth-order valence-corrected chi connectivity index (χ4v) is 1.98. The number of amides is 2. The molecule has 0 unspecified atom stereocenters. The molecule has 0 aliphatic heterocycles. The number of methoxy groups -OCH3 is 1. The lowest BCUT2D eigenvalue weighted by atomic mass is 9.90. The van der Waals surface area contributed by atoms with Crippen LogP contribution in [0.3, 0.4) is 0 Å². The Morgan fingerprint density at radius 1 is 1.13 bits per heavy atom. The van der Waals surface area contributed by atoms with Crippen LogP contribution in [0.25, 0.3) is 0 Å². The van der Waals surface area contributed by atoms with Crippen LogP contribution in [0.1, 0.15) is 45.6 Å². The lowest BCUT2D eigenvalue weighted by molar-refractivity contribution is -0.138. The van der Waals surface area contributed by atoms with E-state index in [2.05, 4.69) is 24.5 Å². The van der Waals surface area contributed by atoms with Gasteiger partial charge < -0.3 is 15.4 Å². The largest absolute Gasteiger partial charge is 0.385 e. The molecule has 5 heteroatoms.